The Labute approximate surface area is 188 Å². The molecule has 182 valence electrons. The first-order valence-electron chi connectivity index (χ1n) is 9.53. The maximum Gasteiger partial charge on any atom is 0.433 e. The summed E-state index contributed by atoms with van der Waals surface area (Å²) in [6.07, 6.45) is -10.2. The largest absolute Gasteiger partial charge is 0.433 e. The third kappa shape index (κ3) is 6.48. The van der Waals surface area contributed by atoms with Crippen LogP contribution in [-0.4, -0.2) is 42.2 Å². The molecule has 0 radical (unpaired) electrons. The number of pyridine rings is 2. The highest BCUT2D eigenvalue weighted by molar-refractivity contribution is 5.58. The molecule has 0 aromatic carbocycles. The molecule has 0 fully saturated rings. The standard InChI is InChI=1S/C19H17F6N7O2/c1-9(33)10(2)34-32-17-30-15(12-4-3-5-13(28-12)18(20,21)22)29-16(31-17)27-11-6-7-26-14(8-11)19(23,24)25/h3-10,33H,1-2H3,(H2,26,27,29,30,31,32). The van der Waals surface area contributed by atoms with Crippen LogP contribution in [0.15, 0.2) is 36.5 Å². The van der Waals surface area contributed by atoms with Gasteiger partial charge in [0.1, 0.15) is 23.2 Å². The van der Waals surface area contributed by atoms with Crippen molar-refractivity contribution in [3.8, 4) is 11.5 Å². The van der Waals surface area contributed by atoms with Crippen molar-refractivity contribution in [3.05, 3.63) is 47.9 Å². The van der Waals surface area contributed by atoms with Crippen LogP contribution in [0, 0.1) is 0 Å². The number of alkyl halides is 6. The Kier molecular flexibility index (Phi) is 7.16. The second-order valence-corrected chi connectivity index (χ2v) is 6.93. The number of nitrogens with one attached hydrogen (secondary N) is 2. The molecule has 0 spiro atoms. The van der Waals surface area contributed by atoms with Gasteiger partial charge in [-0.15, -0.1) is 0 Å². The number of rotatable bonds is 7. The van der Waals surface area contributed by atoms with Crippen molar-refractivity contribution in [1.29, 1.82) is 0 Å². The van der Waals surface area contributed by atoms with Crippen molar-refractivity contribution in [1.82, 2.24) is 24.9 Å². The van der Waals surface area contributed by atoms with Gasteiger partial charge in [-0.25, -0.2) is 10.5 Å². The van der Waals surface area contributed by atoms with Gasteiger partial charge < -0.3 is 10.4 Å². The molecule has 2 atom stereocenters. The quantitative estimate of drug-likeness (QED) is 0.331. The molecule has 3 aromatic rings. The van der Waals surface area contributed by atoms with Crippen molar-refractivity contribution in [2.24, 2.45) is 0 Å². The number of hydrogen-bond donors (Lipinski definition) is 3. The molecule has 3 heterocycles. The van der Waals surface area contributed by atoms with Crippen LogP contribution in [-0.2, 0) is 17.2 Å². The van der Waals surface area contributed by atoms with E-state index in [0.717, 1.165) is 18.3 Å². The van der Waals surface area contributed by atoms with Crippen LogP contribution in [0.4, 0.5) is 43.9 Å². The van der Waals surface area contributed by atoms with Gasteiger partial charge in [-0.05, 0) is 38.1 Å². The second kappa shape index (κ2) is 9.72. The average Bonchev–Trinajstić information content (AvgIpc) is 2.76. The van der Waals surface area contributed by atoms with Crippen molar-refractivity contribution >= 4 is 17.6 Å². The smallest absolute Gasteiger partial charge is 0.391 e. The molecule has 0 aliphatic heterocycles. The monoisotopic (exact) mass is 489 g/mol. The van der Waals surface area contributed by atoms with Gasteiger partial charge in [0.25, 0.3) is 5.95 Å². The fourth-order valence-corrected chi connectivity index (χ4v) is 2.35. The number of anilines is 3. The topological polar surface area (TPSA) is 118 Å². The fraction of sp³-hybridized carbons (Fsp3) is 0.316. The molecule has 3 aromatic heterocycles. The fourth-order valence-electron chi connectivity index (χ4n) is 2.35. The minimum atomic E-state index is -4.73. The van der Waals surface area contributed by atoms with E-state index in [1.54, 1.807) is 0 Å². The van der Waals surface area contributed by atoms with Crippen molar-refractivity contribution in [2.45, 2.75) is 38.4 Å². The number of nitrogens with zero attached hydrogens (tertiary/aromatic N) is 5. The first-order chi connectivity index (χ1) is 15.8. The van der Waals surface area contributed by atoms with Crippen LogP contribution < -0.4 is 10.8 Å². The Morgan fingerprint density at radius 1 is 0.882 bits per heavy atom. The maximum atomic E-state index is 13.1. The predicted molar refractivity (Wildman–Crippen MR) is 106 cm³/mol. The summed E-state index contributed by atoms with van der Waals surface area (Å²) in [5.41, 5.74) is -0.417. The van der Waals surface area contributed by atoms with E-state index < -0.39 is 35.9 Å². The zero-order valence-electron chi connectivity index (χ0n) is 17.5. The highest BCUT2D eigenvalue weighted by atomic mass is 19.4. The summed E-state index contributed by atoms with van der Waals surface area (Å²) in [5.74, 6) is -0.951. The zero-order chi connectivity index (χ0) is 25.1. The molecule has 2 unspecified atom stereocenters. The van der Waals surface area contributed by atoms with Gasteiger partial charge >= 0.3 is 12.4 Å². The van der Waals surface area contributed by atoms with Crippen molar-refractivity contribution in [3.63, 3.8) is 0 Å². The van der Waals surface area contributed by atoms with Gasteiger partial charge in [0.2, 0.25) is 5.95 Å². The molecule has 0 saturated heterocycles. The molecular formula is C19H17F6N7O2. The molecule has 34 heavy (non-hydrogen) atoms. The minimum Gasteiger partial charge on any atom is -0.391 e. The predicted octanol–water partition coefficient (Wildman–Crippen LogP) is 4.22. The van der Waals surface area contributed by atoms with Crippen LogP contribution in [0.5, 0.6) is 0 Å². The highest BCUT2D eigenvalue weighted by Gasteiger charge is 2.33. The summed E-state index contributed by atoms with van der Waals surface area (Å²) in [6.45, 7) is 2.97. The number of aliphatic hydroxyl groups is 1. The molecule has 15 heteroatoms. The average molecular weight is 489 g/mol. The molecule has 0 amide bonds. The van der Waals surface area contributed by atoms with Gasteiger partial charge in [0.15, 0.2) is 5.82 Å². The van der Waals surface area contributed by atoms with Crippen LogP contribution in [0.1, 0.15) is 25.2 Å². The summed E-state index contributed by atoms with van der Waals surface area (Å²) in [7, 11) is 0. The van der Waals surface area contributed by atoms with Crippen molar-refractivity contribution < 1.29 is 36.3 Å². The number of aliphatic hydroxyl groups excluding tert-OH is 1. The van der Waals surface area contributed by atoms with E-state index in [1.165, 1.54) is 26.0 Å². The third-order valence-electron chi connectivity index (χ3n) is 4.23. The minimum absolute atomic E-state index is 0.0966. The summed E-state index contributed by atoms with van der Waals surface area (Å²) in [6, 6.07) is 4.97. The van der Waals surface area contributed by atoms with Gasteiger partial charge in [-0.1, -0.05) is 6.07 Å². The van der Waals surface area contributed by atoms with E-state index in [-0.39, 0.29) is 29.1 Å². The van der Waals surface area contributed by atoms with Crippen LogP contribution in [0.3, 0.4) is 0 Å². The summed E-state index contributed by atoms with van der Waals surface area (Å²) >= 11 is 0. The molecular weight excluding hydrogens is 472 g/mol. The van der Waals surface area contributed by atoms with Crippen LogP contribution in [0.2, 0.25) is 0 Å². The van der Waals surface area contributed by atoms with Gasteiger partial charge in [-0.2, -0.15) is 41.3 Å². The summed E-state index contributed by atoms with van der Waals surface area (Å²) < 4.78 is 78.1. The molecule has 3 N–H and O–H groups in total. The normalized spacial score (nSPS) is 13.9. The van der Waals surface area contributed by atoms with E-state index >= 15 is 0 Å². The van der Waals surface area contributed by atoms with E-state index in [0.29, 0.717) is 6.07 Å². The molecule has 0 saturated carbocycles. The molecule has 0 aliphatic carbocycles. The Morgan fingerprint density at radius 3 is 2.21 bits per heavy atom. The third-order valence-corrected chi connectivity index (χ3v) is 4.23. The Morgan fingerprint density at radius 2 is 1.56 bits per heavy atom. The first-order valence-corrected chi connectivity index (χ1v) is 9.53. The molecule has 3 rings (SSSR count). The van der Waals surface area contributed by atoms with E-state index in [2.05, 4.69) is 35.7 Å². The molecule has 0 bridgehead atoms. The SMILES string of the molecule is CC(O)C(C)ONc1nc(Nc2ccnc(C(F)(F)F)c2)nc(-c2cccc(C(F)(F)F)n2)n1. The Bertz CT molecular complexity index is 1140. The van der Waals surface area contributed by atoms with Gasteiger partial charge in [0.05, 0.1) is 6.10 Å². The van der Waals surface area contributed by atoms with Crippen LogP contribution >= 0.6 is 0 Å². The van der Waals surface area contributed by atoms with E-state index in [9.17, 15) is 31.4 Å². The van der Waals surface area contributed by atoms with Gasteiger partial charge in [0, 0.05) is 11.9 Å². The highest BCUT2D eigenvalue weighted by Crippen LogP contribution is 2.31. The lowest BCUT2D eigenvalue weighted by molar-refractivity contribution is -0.141. The first kappa shape index (κ1) is 25.0. The lowest BCUT2D eigenvalue weighted by atomic mass is 10.3. The lowest BCUT2D eigenvalue weighted by Crippen LogP contribution is -2.26. The zero-order valence-corrected chi connectivity index (χ0v) is 17.5. The number of hydrogen-bond acceptors (Lipinski definition) is 9. The molecule has 0 aliphatic rings. The Balaban J connectivity index is 2.00. The van der Waals surface area contributed by atoms with Crippen molar-refractivity contribution in [2.75, 3.05) is 10.8 Å². The number of halogens is 6. The maximum absolute atomic E-state index is 13.1. The van der Waals surface area contributed by atoms with E-state index in [4.69, 9.17) is 4.84 Å². The van der Waals surface area contributed by atoms with Crippen LogP contribution in [0.25, 0.3) is 11.5 Å². The van der Waals surface area contributed by atoms with E-state index in [1.807, 2.05) is 0 Å². The summed E-state index contributed by atoms with van der Waals surface area (Å²) in [5, 5.41) is 12.1. The van der Waals surface area contributed by atoms with Gasteiger partial charge in [-0.3, -0.25) is 9.82 Å². The molecule has 9 nitrogen and oxygen atoms in total. The second-order valence-electron chi connectivity index (χ2n) is 6.93. The summed E-state index contributed by atoms with van der Waals surface area (Å²) in [4.78, 5) is 23.8. The number of aromatic nitrogens is 5. The Hall–Kier alpha value is -3.59. The lowest BCUT2D eigenvalue weighted by Gasteiger charge is -2.16.